The summed E-state index contributed by atoms with van der Waals surface area (Å²) in [5, 5.41) is 10.8. The third kappa shape index (κ3) is 6.20. The molecule has 4 fully saturated rings. The summed E-state index contributed by atoms with van der Waals surface area (Å²) in [6.07, 6.45) is 6.63. The Balaban J connectivity index is 1.34. The van der Waals surface area contributed by atoms with Gasteiger partial charge in [-0.3, -0.25) is 10.1 Å². The van der Waals surface area contributed by atoms with Crippen molar-refractivity contribution in [2.24, 2.45) is 17.8 Å². The van der Waals surface area contributed by atoms with Crippen LogP contribution in [0.4, 0.5) is 4.79 Å². The average molecular weight is 497 g/mol. The third-order valence-electron chi connectivity index (χ3n) is 7.92. The molecule has 0 aromatic carbocycles. The molecule has 3 heterocycles. The van der Waals surface area contributed by atoms with Crippen molar-refractivity contribution < 1.29 is 19.1 Å². The number of hydrogen-bond donors (Lipinski definition) is 3. The Labute approximate surface area is 209 Å². The van der Waals surface area contributed by atoms with Crippen molar-refractivity contribution in [1.29, 1.82) is 0 Å². The number of nitrogens with zero attached hydrogens (tertiary/aromatic N) is 1. The van der Waals surface area contributed by atoms with Crippen LogP contribution in [0.25, 0.3) is 0 Å². The summed E-state index contributed by atoms with van der Waals surface area (Å²) in [7, 11) is 1.82. The summed E-state index contributed by atoms with van der Waals surface area (Å²) in [5.41, 5.74) is -0.615. The molecule has 1 saturated carbocycles. The summed E-state index contributed by atoms with van der Waals surface area (Å²) in [4.78, 5) is 27.8. The first-order valence-corrected chi connectivity index (χ1v) is 14.0. The molecule has 194 valence electrons. The van der Waals surface area contributed by atoms with Crippen molar-refractivity contribution in [3.05, 3.63) is 0 Å². The number of likely N-dealkylation sites (tertiary alicyclic amines) is 1. The van der Waals surface area contributed by atoms with E-state index in [1.807, 2.05) is 27.9 Å². The summed E-state index contributed by atoms with van der Waals surface area (Å²) >= 11 is 1.79. The van der Waals surface area contributed by atoms with Gasteiger partial charge >= 0.3 is 6.09 Å². The van der Waals surface area contributed by atoms with Crippen LogP contribution < -0.4 is 16.0 Å². The monoisotopic (exact) mass is 496 g/mol. The van der Waals surface area contributed by atoms with Crippen LogP contribution in [0, 0.1) is 17.8 Å². The van der Waals surface area contributed by atoms with Crippen LogP contribution in [0.3, 0.4) is 0 Å². The smallest absolute Gasteiger partial charge is 0.410 e. The maximum absolute atomic E-state index is 13.5. The summed E-state index contributed by atoms with van der Waals surface area (Å²) in [5.74, 6) is 0.892. The van der Waals surface area contributed by atoms with Gasteiger partial charge in [-0.2, -0.15) is 0 Å². The van der Waals surface area contributed by atoms with Gasteiger partial charge in [0, 0.05) is 44.1 Å². The molecule has 0 radical (unpaired) electrons. The number of hydrogen-bond acceptors (Lipinski definition) is 7. The number of carbonyl (C=O) groups is 2. The van der Waals surface area contributed by atoms with Crippen molar-refractivity contribution in [3.8, 4) is 0 Å². The van der Waals surface area contributed by atoms with Crippen LogP contribution in [0.1, 0.15) is 66.2 Å². The van der Waals surface area contributed by atoms with Crippen molar-refractivity contribution >= 4 is 23.8 Å². The van der Waals surface area contributed by atoms with Gasteiger partial charge in [0.15, 0.2) is 0 Å². The predicted octanol–water partition coefficient (Wildman–Crippen LogP) is 2.92. The topological polar surface area (TPSA) is 91.9 Å². The highest BCUT2D eigenvalue weighted by molar-refractivity contribution is 8.00. The molecule has 0 spiro atoms. The van der Waals surface area contributed by atoms with Crippen LogP contribution in [0.2, 0.25) is 0 Å². The Kier molecular flexibility index (Phi) is 8.37. The molecule has 8 unspecified atom stereocenters. The van der Waals surface area contributed by atoms with E-state index in [1.165, 1.54) is 12.8 Å². The number of piperidine rings is 2. The molecular weight excluding hydrogens is 452 g/mol. The van der Waals surface area contributed by atoms with Gasteiger partial charge in [0.2, 0.25) is 5.91 Å². The van der Waals surface area contributed by atoms with E-state index < -0.39 is 5.60 Å². The van der Waals surface area contributed by atoms with Gasteiger partial charge in [-0.15, -0.1) is 11.8 Å². The average Bonchev–Trinajstić information content (AvgIpc) is 3.19. The maximum Gasteiger partial charge on any atom is 0.410 e. The fraction of sp³-hybridized carbons (Fsp3) is 0.920. The predicted molar refractivity (Wildman–Crippen MR) is 134 cm³/mol. The highest BCUT2D eigenvalue weighted by Gasteiger charge is 2.45. The van der Waals surface area contributed by atoms with Gasteiger partial charge in [0.05, 0.1) is 12.0 Å². The van der Waals surface area contributed by atoms with Gasteiger partial charge in [-0.1, -0.05) is 12.8 Å². The highest BCUT2D eigenvalue weighted by Crippen LogP contribution is 2.40. The van der Waals surface area contributed by atoms with Crippen LogP contribution in [-0.4, -0.2) is 78.2 Å². The first-order chi connectivity index (χ1) is 16.1. The van der Waals surface area contributed by atoms with Gasteiger partial charge in [-0.25, -0.2) is 4.79 Å². The minimum absolute atomic E-state index is 0.0414. The van der Waals surface area contributed by atoms with E-state index in [-0.39, 0.29) is 35.6 Å². The zero-order chi connectivity index (χ0) is 24.5. The molecule has 0 aromatic rings. The second-order valence-electron chi connectivity index (χ2n) is 11.6. The number of thioether (sulfide) groups is 1. The molecule has 0 aromatic heterocycles. The van der Waals surface area contributed by atoms with E-state index in [0.29, 0.717) is 36.2 Å². The van der Waals surface area contributed by atoms with Crippen LogP contribution in [0.15, 0.2) is 0 Å². The fourth-order valence-corrected chi connectivity index (χ4v) is 7.65. The minimum atomic E-state index is -0.496. The first-order valence-electron chi connectivity index (χ1n) is 13.1. The molecule has 3 saturated heterocycles. The Bertz CT molecular complexity index is 732. The quantitative estimate of drug-likeness (QED) is 0.551. The van der Waals surface area contributed by atoms with E-state index >= 15 is 0 Å². The summed E-state index contributed by atoms with van der Waals surface area (Å²) < 4.78 is 11.4. The number of rotatable bonds is 4. The maximum atomic E-state index is 13.5. The lowest BCUT2D eigenvalue weighted by atomic mass is 9.68. The van der Waals surface area contributed by atoms with E-state index in [4.69, 9.17) is 9.47 Å². The van der Waals surface area contributed by atoms with E-state index in [9.17, 15) is 9.59 Å². The molecule has 1 aliphatic carbocycles. The van der Waals surface area contributed by atoms with E-state index in [0.717, 1.165) is 32.2 Å². The zero-order valence-electron chi connectivity index (χ0n) is 21.5. The largest absolute Gasteiger partial charge is 0.444 e. The fourth-order valence-electron chi connectivity index (χ4n) is 6.27. The molecule has 8 nitrogen and oxygen atoms in total. The lowest BCUT2D eigenvalue weighted by molar-refractivity contribution is -0.130. The van der Waals surface area contributed by atoms with Crippen LogP contribution >= 0.6 is 11.8 Å². The second kappa shape index (κ2) is 10.9. The van der Waals surface area contributed by atoms with Crippen LogP contribution in [-0.2, 0) is 14.3 Å². The number of carbonyl (C=O) groups excluding carboxylic acids is 2. The highest BCUT2D eigenvalue weighted by atomic mass is 32.2. The van der Waals surface area contributed by atoms with Gasteiger partial charge in [-0.05, 0) is 65.2 Å². The lowest BCUT2D eigenvalue weighted by Crippen LogP contribution is -2.56. The number of ether oxygens (including phenoxy) is 2. The number of nitrogens with one attached hydrogen (secondary N) is 3. The Hall–Kier alpha value is -1.03. The molecule has 34 heavy (non-hydrogen) atoms. The Morgan fingerprint density at radius 2 is 1.88 bits per heavy atom. The van der Waals surface area contributed by atoms with Crippen molar-refractivity contribution in [2.75, 3.05) is 26.7 Å². The molecule has 4 aliphatic rings. The number of amides is 2. The number of methoxy groups -OCH3 is 1. The molecule has 8 atom stereocenters. The summed E-state index contributed by atoms with van der Waals surface area (Å²) in [6, 6.07) is 0.585. The van der Waals surface area contributed by atoms with Gasteiger partial charge < -0.3 is 25.0 Å². The zero-order valence-corrected chi connectivity index (χ0v) is 22.3. The second-order valence-corrected chi connectivity index (χ2v) is 12.9. The SMILES string of the molecule is COC1CCCCC1C1CC(C)NCC1C(=O)NC1NC2CN(C(=O)OC(C)(C)C)CCC2S1. The lowest BCUT2D eigenvalue weighted by Gasteiger charge is -2.44. The Morgan fingerprint density at radius 3 is 2.62 bits per heavy atom. The van der Waals surface area contributed by atoms with Crippen molar-refractivity contribution in [3.63, 3.8) is 0 Å². The molecule has 3 aliphatic heterocycles. The molecule has 3 N–H and O–H groups in total. The molecule has 0 bridgehead atoms. The molecule has 9 heteroatoms. The first kappa shape index (κ1) is 26.0. The molecule has 4 rings (SSSR count). The normalized spacial score (nSPS) is 38.8. The minimum Gasteiger partial charge on any atom is -0.444 e. The Morgan fingerprint density at radius 1 is 1.12 bits per heavy atom. The summed E-state index contributed by atoms with van der Waals surface area (Å²) in [6.45, 7) is 9.93. The molecular formula is C25H44N4O4S. The number of fused-ring (bicyclic) bond motifs is 1. The van der Waals surface area contributed by atoms with E-state index in [1.54, 1.807) is 16.7 Å². The standard InChI is InChI=1S/C25H44N4O4S/c1-15-12-17(16-8-6-7-9-20(16)32-5)18(13-26-15)22(30)28-23-27-19-14-29(11-10-21(19)34-23)24(31)33-25(2,3)4/h15-21,23,26-27H,6-14H2,1-5H3,(H,28,30). The third-order valence-corrected chi connectivity index (χ3v) is 9.36. The van der Waals surface area contributed by atoms with E-state index in [2.05, 4.69) is 22.9 Å². The van der Waals surface area contributed by atoms with Crippen molar-refractivity contribution in [2.45, 2.75) is 101 Å². The van der Waals surface area contributed by atoms with Gasteiger partial charge in [0.25, 0.3) is 0 Å². The van der Waals surface area contributed by atoms with Gasteiger partial charge in [0.1, 0.15) is 11.1 Å². The molecule has 2 amide bonds. The van der Waals surface area contributed by atoms with Crippen molar-refractivity contribution in [1.82, 2.24) is 20.9 Å². The van der Waals surface area contributed by atoms with Crippen LogP contribution in [0.5, 0.6) is 0 Å².